The molecule has 4 rings (SSSR count). The van der Waals surface area contributed by atoms with Crippen molar-refractivity contribution < 1.29 is 15.0 Å². The second-order valence-electron chi connectivity index (χ2n) is 6.77. The lowest BCUT2D eigenvalue weighted by molar-refractivity contribution is -0.119. The number of azo groups is 1. The van der Waals surface area contributed by atoms with Crippen molar-refractivity contribution in [2.45, 2.75) is 18.8 Å². The Morgan fingerprint density at radius 2 is 1.94 bits per heavy atom. The van der Waals surface area contributed by atoms with Gasteiger partial charge < -0.3 is 10.2 Å². The van der Waals surface area contributed by atoms with E-state index in [1.54, 1.807) is 31.2 Å². The summed E-state index contributed by atoms with van der Waals surface area (Å²) in [5.41, 5.74) is 0.184. The minimum atomic E-state index is -1.21. The molecular weight excluding hydrogens is 456 g/mol. The van der Waals surface area contributed by atoms with Crippen molar-refractivity contribution in [1.29, 1.82) is 0 Å². The monoisotopic (exact) mass is 470 g/mol. The average Bonchev–Trinajstić information content (AvgIpc) is 2.76. The molecule has 2 heterocycles. The van der Waals surface area contributed by atoms with Crippen LogP contribution in [0.15, 0.2) is 62.5 Å². The lowest BCUT2D eigenvalue weighted by Gasteiger charge is -2.30. The van der Waals surface area contributed by atoms with E-state index in [9.17, 15) is 19.8 Å². The summed E-state index contributed by atoms with van der Waals surface area (Å²) in [6.45, 7) is 1.55. The van der Waals surface area contributed by atoms with Crippen LogP contribution in [0.25, 0.3) is 10.9 Å². The summed E-state index contributed by atoms with van der Waals surface area (Å²) in [6, 6.07) is 9.18. The van der Waals surface area contributed by atoms with Crippen molar-refractivity contribution >= 4 is 57.1 Å². The number of phenols is 2. The number of aliphatic imine (C=N–C) groups is 1. The summed E-state index contributed by atoms with van der Waals surface area (Å²) in [5.74, 6) is -1.22. The van der Waals surface area contributed by atoms with Crippen molar-refractivity contribution in [3.8, 4) is 11.5 Å². The molecule has 1 aliphatic heterocycles. The van der Waals surface area contributed by atoms with Crippen LogP contribution in [0.4, 0.5) is 5.69 Å². The molecule has 0 aliphatic carbocycles. The Hall–Kier alpha value is -3.70. The second kappa shape index (κ2) is 8.44. The molecule has 10 nitrogen and oxygen atoms in total. The van der Waals surface area contributed by atoms with Gasteiger partial charge in [-0.15, -0.1) is 11.6 Å². The predicted molar refractivity (Wildman–Crippen MR) is 123 cm³/mol. The van der Waals surface area contributed by atoms with E-state index in [0.29, 0.717) is 5.52 Å². The molecule has 0 bridgehead atoms. The maximum Gasteiger partial charge on any atom is 0.280 e. The molecule has 1 amide bonds. The number of phenolic OH excluding ortho intramolecular Hbond substituents is 2. The van der Waals surface area contributed by atoms with Crippen molar-refractivity contribution in [3.63, 3.8) is 0 Å². The van der Waals surface area contributed by atoms with E-state index >= 15 is 0 Å². The van der Waals surface area contributed by atoms with E-state index in [2.05, 4.69) is 20.2 Å². The fourth-order valence-electron chi connectivity index (χ4n) is 3.14. The van der Waals surface area contributed by atoms with E-state index in [1.165, 1.54) is 12.1 Å². The number of para-hydroxylation sites is 1. The molecular formula is C20H15ClN6O4S. The van der Waals surface area contributed by atoms with E-state index in [1.807, 2.05) is 0 Å². The Morgan fingerprint density at radius 3 is 2.66 bits per heavy atom. The number of aromatic nitrogens is 2. The van der Waals surface area contributed by atoms with Gasteiger partial charge in [0.05, 0.1) is 22.5 Å². The summed E-state index contributed by atoms with van der Waals surface area (Å²) >= 11 is 11.3. The zero-order valence-corrected chi connectivity index (χ0v) is 18.1. The van der Waals surface area contributed by atoms with Gasteiger partial charge in [-0.3, -0.25) is 9.59 Å². The van der Waals surface area contributed by atoms with Crippen molar-refractivity contribution in [3.05, 3.63) is 58.6 Å². The first-order valence-electron chi connectivity index (χ1n) is 9.24. The van der Waals surface area contributed by atoms with Crippen LogP contribution in [0.3, 0.4) is 0 Å². The van der Waals surface area contributed by atoms with Gasteiger partial charge in [-0.1, -0.05) is 12.1 Å². The SMILES string of the molecule is CC1=NC(=S)N(n2c(CCl)nc3ccccc3c2=O)C(=O)C1N=Nc1ccc(O)cc1O. The molecule has 32 heavy (non-hydrogen) atoms. The molecule has 1 aromatic heterocycles. The molecule has 1 aliphatic rings. The molecule has 1 atom stereocenters. The lowest BCUT2D eigenvalue weighted by Crippen LogP contribution is -2.57. The molecule has 0 fully saturated rings. The average molecular weight is 471 g/mol. The van der Waals surface area contributed by atoms with Gasteiger partial charge in [-0.2, -0.15) is 19.9 Å². The number of benzene rings is 2. The number of hydrogen-bond acceptors (Lipinski definition) is 8. The molecule has 0 spiro atoms. The molecule has 12 heteroatoms. The molecule has 2 aromatic carbocycles. The summed E-state index contributed by atoms with van der Waals surface area (Å²) in [4.78, 5) is 35.1. The number of hydrogen-bond donors (Lipinski definition) is 2. The first kappa shape index (κ1) is 21.5. The van der Waals surface area contributed by atoms with Crippen LogP contribution < -0.4 is 10.6 Å². The Bertz CT molecular complexity index is 1390. The van der Waals surface area contributed by atoms with Gasteiger partial charge in [0.15, 0.2) is 6.04 Å². The molecule has 0 saturated carbocycles. The fourth-order valence-corrected chi connectivity index (χ4v) is 3.63. The molecule has 0 saturated heterocycles. The van der Waals surface area contributed by atoms with Gasteiger partial charge >= 0.3 is 0 Å². The third-order valence-electron chi connectivity index (χ3n) is 4.67. The van der Waals surface area contributed by atoms with E-state index in [-0.39, 0.29) is 45.1 Å². The van der Waals surface area contributed by atoms with Gasteiger partial charge in [-0.25, -0.2) is 9.98 Å². The highest BCUT2D eigenvalue weighted by atomic mass is 35.5. The van der Waals surface area contributed by atoms with Gasteiger partial charge in [0.25, 0.3) is 11.5 Å². The fraction of sp³-hybridized carbons (Fsp3) is 0.150. The van der Waals surface area contributed by atoms with Crippen LogP contribution in [0.1, 0.15) is 12.7 Å². The van der Waals surface area contributed by atoms with Crippen molar-refractivity contribution in [2.24, 2.45) is 15.2 Å². The number of halogens is 1. The van der Waals surface area contributed by atoms with Crippen LogP contribution in [0, 0.1) is 0 Å². The normalized spacial score (nSPS) is 16.8. The van der Waals surface area contributed by atoms with Crippen LogP contribution in [-0.4, -0.2) is 42.6 Å². The van der Waals surface area contributed by atoms with E-state index in [4.69, 9.17) is 23.8 Å². The van der Waals surface area contributed by atoms with E-state index in [0.717, 1.165) is 15.8 Å². The zero-order chi connectivity index (χ0) is 23.0. The number of thiocarbonyl (C=S) groups is 1. The zero-order valence-electron chi connectivity index (χ0n) is 16.5. The van der Waals surface area contributed by atoms with Crippen LogP contribution in [-0.2, 0) is 10.7 Å². The topological polar surface area (TPSA) is 133 Å². The van der Waals surface area contributed by atoms with Gasteiger partial charge in [-0.05, 0) is 43.4 Å². The Kier molecular flexibility index (Phi) is 5.68. The number of aromatic hydroxyl groups is 2. The number of amides is 1. The number of alkyl halides is 1. The molecule has 162 valence electrons. The molecule has 2 N–H and O–H groups in total. The van der Waals surface area contributed by atoms with E-state index < -0.39 is 17.5 Å². The summed E-state index contributed by atoms with van der Waals surface area (Å²) in [6.07, 6.45) is 0. The van der Waals surface area contributed by atoms with Crippen molar-refractivity contribution in [2.75, 3.05) is 5.01 Å². The number of carbonyl (C=O) groups excluding carboxylic acids is 1. The lowest BCUT2D eigenvalue weighted by atomic mass is 10.1. The number of rotatable bonds is 4. The largest absolute Gasteiger partial charge is 0.508 e. The first-order chi connectivity index (χ1) is 15.3. The maximum absolute atomic E-state index is 13.3. The number of fused-ring (bicyclic) bond motifs is 1. The maximum atomic E-state index is 13.3. The van der Waals surface area contributed by atoms with Gasteiger partial charge in [0, 0.05) is 6.07 Å². The molecule has 3 aromatic rings. The summed E-state index contributed by atoms with van der Waals surface area (Å²) in [5, 5.41) is 28.2. The Morgan fingerprint density at radius 1 is 1.19 bits per heavy atom. The number of nitrogens with zero attached hydrogens (tertiary/aromatic N) is 6. The first-order valence-corrected chi connectivity index (χ1v) is 10.2. The predicted octanol–water partition coefficient (Wildman–Crippen LogP) is 2.92. The molecule has 0 radical (unpaired) electrons. The third-order valence-corrected chi connectivity index (χ3v) is 5.18. The second-order valence-corrected chi connectivity index (χ2v) is 7.41. The van der Waals surface area contributed by atoms with Gasteiger partial charge in [0.1, 0.15) is 23.0 Å². The van der Waals surface area contributed by atoms with Crippen LogP contribution in [0.2, 0.25) is 0 Å². The standard InChI is InChI=1S/C20H15ClN6O4S/c1-10-17(25-24-14-7-6-11(28)8-15(14)29)19(31)27(20(32)22-10)26-16(9-21)23-13-5-3-2-4-12(13)18(26)30/h2-8,17,28-29H,9H2,1H3. The Balaban J connectivity index is 1.81. The highest BCUT2D eigenvalue weighted by molar-refractivity contribution is 7.80. The minimum absolute atomic E-state index is 0.0362. The quantitative estimate of drug-likeness (QED) is 0.342. The highest BCUT2D eigenvalue weighted by Gasteiger charge is 2.37. The highest BCUT2D eigenvalue weighted by Crippen LogP contribution is 2.30. The smallest absolute Gasteiger partial charge is 0.280 e. The summed E-state index contributed by atoms with van der Waals surface area (Å²) in [7, 11) is 0. The minimum Gasteiger partial charge on any atom is -0.508 e. The number of carbonyl (C=O) groups is 1. The van der Waals surface area contributed by atoms with Crippen LogP contribution in [0.5, 0.6) is 11.5 Å². The molecule has 1 unspecified atom stereocenters. The third kappa shape index (κ3) is 3.72. The van der Waals surface area contributed by atoms with Crippen LogP contribution >= 0.6 is 23.8 Å². The Labute approximate surface area is 191 Å². The van der Waals surface area contributed by atoms with Crippen molar-refractivity contribution in [1.82, 2.24) is 9.66 Å². The van der Waals surface area contributed by atoms with Gasteiger partial charge in [0.2, 0.25) is 5.11 Å². The summed E-state index contributed by atoms with van der Waals surface area (Å²) < 4.78 is 0.997.